The Morgan fingerprint density at radius 2 is 1.00 bits per heavy atom. The van der Waals surface area contributed by atoms with Crippen molar-refractivity contribution in [2.45, 2.75) is 6.68 Å². The summed E-state index contributed by atoms with van der Waals surface area (Å²) in [6.45, 7) is -0.556. The van der Waals surface area contributed by atoms with E-state index in [1.807, 2.05) is 0 Å². The number of hydrogen-bond donors (Lipinski definition) is 0. The van der Waals surface area contributed by atoms with Gasteiger partial charge in [-0.2, -0.15) is 13.2 Å². The van der Waals surface area contributed by atoms with Gasteiger partial charge in [0.05, 0.1) is 26.4 Å². The normalized spacial score (nSPS) is 18.0. The van der Waals surface area contributed by atoms with E-state index in [9.17, 15) is 13.2 Å². The second kappa shape index (κ2) is 6.82. The van der Waals surface area contributed by atoms with E-state index in [-0.39, 0.29) is 0 Å². The fourth-order valence-corrected chi connectivity index (χ4v) is 0.440. The molecule has 1 fully saturated rings. The minimum atomic E-state index is -3.67. The first kappa shape index (κ1) is 9.71. The Morgan fingerprint density at radius 1 is 0.800 bits per heavy atom. The molecule has 0 aromatic heterocycles. The Kier molecular flexibility index (Phi) is 6.63. The minimum absolute atomic E-state index is 0.778. The van der Waals surface area contributed by atoms with Gasteiger partial charge in [-0.3, -0.25) is 0 Å². The first-order valence-electron chi connectivity index (χ1n) is 2.81. The van der Waals surface area contributed by atoms with Gasteiger partial charge in [0.25, 0.3) is 0 Å². The van der Waals surface area contributed by atoms with Gasteiger partial charge in [-0.05, 0) is 0 Å². The SMILES string of the molecule is C1COCCO1.FC(F)F. The maximum Gasteiger partial charge on any atom is 0.379 e. The van der Waals surface area contributed by atoms with Crippen LogP contribution >= 0.6 is 0 Å². The molecule has 62 valence electrons. The highest BCUT2D eigenvalue weighted by molar-refractivity contribution is 4.37. The van der Waals surface area contributed by atoms with Crippen LogP contribution in [-0.2, 0) is 9.47 Å². The highest BCUT2D eigenvalue weighted by atomic mass is 19.4. The van der Waals surface area contributed by atoms with Gasteiger partial charge in [-0.15, -0.1) is 0 Å². The highest BCUT2D eigenvalue weighted by Crippen LogP contribution is 1.87. The molecule has 0 unspecified atom stereocenters. The summed E-state index contributed by atoms with van der Waals surface area (Å²) >= 11 is 0. The molecule has 0 radical (unpaired) electrons. The number of hydrogen-bond acceptors (Lipinski definition) is 2. The topological polar surface area (TPSA) is 18.5 Å². The molecule has 1 aliphatic rings. The molecule has 1 saturated heterocycles. The van der Waals surface area contributed by atoms with Gasteiger partial charge in [0, 0.05) is 0 Å². The van der Waals surface area contributed by atoms with Crippen molar-refractivity contribution in [3.63, 3.8) is 0 Å². The van der Waals surface area contributed by atoms with E-state index in [0.717, 1.165) is 26.4 Å². The van der Waals surface area contributed by atoms with Crippen molar-refractivity contribution in [2.24, 2.45) is 0 Å². The van der Waals surface area contributed by atoms with E-state index in [1.165, 1.54) is 0 Å². The maximum atomic E-state index is 9.67. The molecule has 0 spiro atoms. The van der Waals surface area contributed by atoms with Crippen molar-refractivity contribution < 1.29 is 22.6 Å². The number of rotatable bonds is 0. The first-order valence-corrected chi connectivity index (χ1v) is 2.81. The van der Waals surface area contributed by atoms with Crippen LogP contribution in [-0.4, -0.2) is 33.1 Å². The molecule has 0 aromatic rings. The van der Waals surface area contributed by atoms with Crippen molar-refractivity contribution >= 4 is 0 Å². The Hall–Kier alpha value is -0.290. The standard InChI is InChI=1S/C4H8O2.CHF3/c1-2-6-4-3-5-1;2-1(3)4/h1-4H2;1H. The Morgan fingerprint density at radius 3 is 1.10 bits per heavy atom. The molecule has 1 heterocycles. The second-order valence-electron chi connectivity index (χ2n) is 1.47. The number of alkyl halides is 3. The third-order valence-corrected chi connectivity index (χ3v) is 0.744. The first-order chi connectivity index (χ1) is 4.73. The Labute approximate surface area is 56.9 Å². The van der Waals surface area contributed by atoms with Crippen molar-refractivity contribution in [1.29, 1.82) is 0 Å². The van der Waals surface area contributed by atoms with E-state index >= 15 is 0 Å². The van der Waals surface area contributed by atoms with Crippen molar-refractivity contribution in [3.8, 4) is 0 Å². The molecule has 0 aromatic carbocycles. The molecule has 0 N–H and O–H groups in total. The molecular formula is C5H9F3O2. The van der Waals surface area contributed by atoms with E-state index in [2.05, 4.69) is 0 Å². The lowest BCUT2D eigenvalue weighted by Gasteiger charge is -2.09. The largest absolute Gasteiger partial charge is 0.379 e. The summed E-state index contributed by atoms with van der Waals surface area (Å²) in [5.74, 6) is 0. The van der Waals surface area contributed by atoms with E-state index in [1.54, 1.807) is 0 Å². The molecule has 0 bridgehead atoms. The van der Waals surface area contributed by atoms with Gasteiger partial charge < -0.3 is 9.47 Å². The summed E-state index contributed by atoms with van der Waals surface area (Å²) in [5, 5.41) is 0. The van der Waals surface area contributed by atoms with Crippen molar-refractivity contribution in [2.75, 3.05) is 26.4 Å². The fraction of sp³-hybridized carbons (Fsp3) is 1.00. The zero-order valence-electron chi connectivity index (χ0n) is 5.36. The number of ether oxygens (including phenoxy) is 2. The molecule has 2 nitrogen and oxygen atoms in total. The summed E-state index contributed by atoms with van der Waals surface area (Å²) < 4.78 is 38.9. The predicted octanol–water partition coefficient (Wildman–Crippen LogP) is 1.21. The summed E-state index contributed by atoms with van der Waals surface area (Å²) in [4.78, 5) is 0. The van der Waals surface area contributed by atoms with Crippen molar-refractivity contribution in [3.05, 3.63) is 0 Å². The molecule has 0 saturated carbocycles. The summed E-state index contributed by atoms with van der Waals surface area (Å²) in [5.41, 5.74) is 0. The van der Waals surface area contributed by atoms with Crippen LogP contribution in [0.3, 0.4) is 0 Å². The average molecular weight is 158 g/mol. The molecule has 10 heavy (non-hydrogen) atoms. The van der Waals surface area contributed by atoms with Gasteiger partial charge in [0.2, 0.25) is 0 Å². The Bertz CT molecular complexity index is 51.6. The molecular weight excluding hydrogens is 149 g/mol. The van der Waals surface area contributed by atoms with Gasteiger partial charge >= 0.3 is 6.68 Å². The zero-order valence-corrected chi connectivity index (χ0v) is 5.36. The smallest absolute Gasteiger partial charge is 0.377 e. The van der Waals surface area contributed by atoms with Gasteiger partial charge in [0.15, 0.2) is 0 Å². The van der Waals surface area contributed by atoms with Gasteiger partial charge in [-0.1, -0.05) is 0 Å². The van der Waals surface area contributed by atoms with Gasteiger partial charge in [0.1, 0.15) is 0 Å². The molecule has 5 heteroatoms. The van der Waals surface area contributed by atoms with Crippen LogP contribution in [0.25, 0.3) is 0 Å². The molecule has 0 atom stereocenters. The molecule has 0 amide bonds. The summed E-state index contributed by atoms with van der Waals surface area (Å²) in [6.07, 6.45) is 0. The Balaban J connectivity index is 0.000000180. The molecule has 0 aliphatic carbocycles. The van der Waals surface area contributed by atoms with Crippen LogP contribution in [0, 0.1) is 0 Å². The lowest BCUT2D eigenvalue weighted by molar-refractivity contribution is -0.0334. The van der Waals surface area contributed by atoms with Crippen LogP contribution in [0.1, 0.15) is 0 Å². The lowest BCUT2D eigenvalue weighted by Crippen LogP contribution is -2.16. The fourth-order valence-electron chi connectivity index (χ4n) is 0.440. The van der Waals surface area contributed by atoms with E-state index in [4.69, 9.17) is 9.47 Å². The number of halogens is 3. The average Bonchev–Trinajstić information content (AvgIpc) is 1.90. The van der Waals surface area contributed by atoms with Crippen LogP contribution < -0.4 is 0 Å². The monoisotopic (exact) mass is 158 g/mol. The van der Waals surface area contributed by atoms with Crippen LogP contribution in [0.4, 0.5) is 13.2 Å². The minimum Gasteiger partial charge on any atom is -0.377 e. The van der Waals surface area contributed by atoms with Crippen LogP contribution in [0.15, 0.2) is 0 Å². The third kappa shape index (κ3) is 10.6. The summed E-state index contributed by atoms with van der Waals surface area (Å²) in [7, 11) is 0. The van der Waals surface area contributed by atoms with Crippen molar-refractivity contribution in [1.82, 2.24) is 0 Å². The van der Waals surface area contributed by atoms with Gasteiger partial charge in [-0.25, -0.2) is 0 Å². The quantitative estimate of drug-likeness (QED) is 0.527. The second-order valence-corrected chi connectivity index (χ2v) is 1.47. The maximum absolute atomic E-state index is 9.67. The van der Waals surface area contributed by atoms with E-state index in [0.29, 0.717) is 0 Å². The highest BCUT2D eigenvalue weighted by Gasteiger charge is 1.94. The van der Waals surface area contributed by atoms with E-state index < -0.39 is 6.68 Å². The molecule has 1 rings (SSSR count). The van der Waals surface area contributed by atoms with Crippen LogP contribution in [0.2, 0.25) is 0 Å². The zero-order chi connectivity index (χ0) is 7.82. The van der Waals surface area contributed by atoms with Crippen LogP contribution in [0.5, 0.6) is 0 Å². The predicted molar refractivity (Wildman–Crippen MR) is 28.7 cm³/mol. The third-order valence-electron chi connectivity index (χ3n) is 0.744. The lowest BCUT2D eigenvalue weighted by atomic mass is 10.6. The summed E-state index contributed by atoms with van der Waals surface area (Å²) in [6, 6.07) is 0. The molecule has 1 aliphatic heterocycles.